The van der Waals surface area contributed by atoms with Crippen LogP contribution < -0.4 is 0 Å². The molecule has 0 unspecified atom stereocenters. The van der Waals surface area contributed by atoms with Crippen LogP contribution in [0.1, 0.15) is 24.0 Å². The number of rotatable bonds is 8. The summed E-state index contributed by atoms with van der Waals surface area (Å²) in [4.78, 5) is 23.8. The number of hydrogen-bond donors (Lipinski definition) is 1. The number of carbonyl (C=O) groups excluding carboxylic acids is 1. The summed E-state index contributed by atoms with van der Waals surface area (Å²) >= 11 is 1.58. The van der Waals surface area contributed by atoms with Crippen LogP contribution in [-0.2, 0) is 15.3 Å². The van der Waals surface area contributed by atoms with Gasteiger partial charge in [0.2, 0.25) is 5.91 Å². The molecule has 1 aromatic carbocycles. The van der Waals surface area contributed by atoms with Gasteiger partial charge in [-0.15, -0.1) is 11.8 Å². The zero-order valence-corrected chi connectivity index (χ0v) is 12.8. The van der Waals surface area contributed by atoms with Crippen LogP contribution in [0.2, 0.25) is 0 Å². The average molecular weight is 295 g/mol. The summed E-state index contributed by atoms with van der Waals surface area (Å²) in [5.41, 5.74) is 2.44. The van der Waals surface area contributed by atoms with Gasteiger partial charge in [0, 0.05) is 25.8 Å². The van der Waals surface area contributed by atoms with Crippen molar-refractivity contribution in [2.24, 2.45) is 0 Å². The fourth-order valence-corrected chi connectivity index (χ4v) is 2.67. The van der Waals surface area contributed by atoms with Crippen molar-refractivity contribution in [1.82, 2.24) is 4.90 Å². The Morgan fingerprint density at radius 2 is 2.10 bits per heavy atom. The summed E-state index contributed by atoms with van der Waals surface area (Å²) in [5, 5.41) is 8.55. The van der Waals surface area contributed by atoms with Crippen molar-refractivity contribution in [3.8, 4) is 0 Å². The number of carboxylic acids is 1. The van der Waals surface area contributed by atoms with Gasteiger partial charge in [-0.1, -0.05) is 29.8 Å². The van der Waals surface area contributed by atoms with Gasteiger partial charge in [0.1, 0.15) is 0 Å². The molecule has 0 bridgehead atoms. The lowest BCUT2D eigenvalue weighted by Crippen LogP contribution is -2.29. The van der Waals surface area contributed by atoms with Crippen LogP contribution >= 0.6 is 11.8 Å². The van der Waals surface area contributed by atoms with Crippen LogP contribution in [0, 0.1) is 6.92 Å². The number of thioether (sulfide) groups is 1. The van der Waals surface area contributed by atoms with E-state index in [1.807, 2.05) is 6.07 Å². The van der Waals surface area contributed by atoms with E-state index in [2.05, 4.69) is 25.1 Å². The Bertz CT molecular complexity index is 462. The van der Waals surface area contributed by atoms with Gasteiger partial charge in [0.15, 0.2) is 0 Å². The summed E-state index contributed by atoms with van der Waals surface area (Å²) in [6, 6.07) is 8.25. The van der Waals surface area contributed by atoms with E-state index in [4.69, 9.17) is 5.11 Å². The molecule has 0 aliphatic heterocycles. The van der Waals surface area contributed by atoms with E-state index >= 15 is 0 Å². The summed E-state index contributed by atoms with van der Waals surface area (Å²) in [6.07, 6.45) is 0.605. The van der Waals surface area contributed by atoms with Crippen LogP contribution in [0.25, 0.3) is 0 Å². The van der Waals surface area contributed by atoms with E-state index in [1.165, 1.54) is 11.1 Å². The molecule has 1 N–H and O–H groups in total. The standard InChI is InChI=1S/C15H21NO3S/c1-12-5-3-6-13(9-12)10-20-11-14(17)16(2)8-4-7-15(18)19/h3,5-6,9H,4,7-8,10-11H2,1-2H3,(H,18,19). The molecule has 0 heterocycles. The zero-order valence-electron chi connectivity index (χ0n) is 12.0. The van der Waals surface area contributed by atoms with E-state index in [9.17, 15) is 9.59 Å². The normalized spacial score (nSPS) is 10.3. The average Bonchev–Trinajstić information content (AvgIpc) is 2.38. The van der Waals surface area contributed by atoms with E-state index in [0.29, 0.717) is 18.7 Å². The molecular weight excluding hydrogens is 274 g/mol. The molecule has 0 saturated carbocycles. The minimum absolute atomic E-state index is 0.0491. The lowest BCUT2D eigenvalue weighted by Gasteiger charge is -2.16. The van der Waals surface area contributed by atoms with Crippen molar-refractivity contribution < 1.29 is 14.7 Å². The highest BCUT2D eigenvalue weighted by Crippen LogP contribution is 2.14. The van der Waals surface area contributed by atoms with E-state index in [-0.39, 0.29) is 12.3 Å². The second-order valence-corrected chi connectivity index (χ2v) is 5.78. The Balaban J connectivity index is 2.23. The second kappa shape index (κ2) is 8.64. The number of aryl methyl sites for hydroxylation is 1. The molecule has 5 heteroatoms. The van der Waals surface area contributed by atoms with Crippen LogP contribution in [0.5, 0.6) is 0 Å². The maximum absolute atomic E-state index is 11.8. The molecule has 110 valence electrons. The molecule has 0 radical (unpaired) electrons. The quantitative estimate of drug-likeness (QED) is 0.801. The van der Waals surface area contributed by atoms with Gasteiger partial charge >= 0.3 is 5.97 Å². The van der Waals surface area contributed by atoms with E-state index in [0.717, 1.165) is 5.75 Å². The van der Waals surface area contributed by atoms with Crippen molar-refractivity contribution in [1.29, 1.82) is 0 Å². The van der Waals surface area contributed by atoms with Crippen LogP contribution in [-0.4, -0.2) is 41.2 Å². The van der Waals surface area contributed by atoms with Gasteiger partial charge in [0.05, 0.1) is 5.75 Å². The van der Waals surface area contributed by atoms with Crippen molar-refractivity contribution in [3.05, 3.63) is 35.4 Å². The molecule has 20 heavy (non-hydrogen) atoms. The molecule has 4 nitrogen and oxygen atoms in total. The van der Waals surface area contributed by atoms with Gasteiger partial charge in [-0.25, -0.2) is 0 Å². The maximum Gasteiger partial charge on any atom is 0.303 e. The van der Waals surface area contributed by atoms with Gasteiger partial charge in [0.25, 0.3) is 0 Å². The van der Waals surface area contributed by atoms with Gasteiger partial charge in [-0.3, -0.25) is 9.59 Å². The minimum Gasteiger partial charge on any atom is -0.481 e. The summed E-state index contributed by atoms with van der Waals surface area (Å²) in [5.74, 6) is 0.473. The third kappa shape index (κ3) is 6.61. The maximum atomic E-state index is 11.8. The molecule has 1 aromatic rings. The molecule has 0 spiro atoms. The van der Waals surface area contributed by atoms with Crippen LogP contribution in [0.4, 0.5) is 0 Å². The van der Waals surface area contributed by atoms with Crippen molar-refractivity contribution >= 4 is 23.6 Å². The number of nitrogens with zero attached hydrogens (tertiary/aromatic N) is 1. The Hall–Kier alpha value is -1.49. The fraction of sp³-hybridized carbons (Fsp3) is 0.467. The molecule has 0 aliphatic carbocycles. The SMILES string of the molecule is Cc1cccc(CSCC(=O)N(C)CCCC(=O)O)c1. The molecule has 1 amide bonds. The fourth-order valence-electron chi connectivity index (χ4n) is 1.76. The Morgan fingerprint density at radius 1 is 1.35 bits per heavy atom. The summed E-state index contributed by atoms with van der Waals surface area (Å²) in [6.45, 7) is 2.55. The number of aliphatic carboxylic acids is 1. The number of amides is 1. The number of carbonyl (C=O) groups is 2. The zero-order chi connectivity index (χ0) is 15.0. The third-order valence-corrected chi connectivity index (χ3v) is 3.88. The van der Waals surface area contributed by atoms with Crippen molar-refractivity contribution in [2.75, 3.05) is 19.3 Å². The monoisotopic (exact) mass is 295 g/mol. The smallest absolute Gasteiger partial charge is 0.303 e. The second-order valence-electron chi connectivity index (χ2n) is 4.79. The Labute approximate surface area is 124 Å². The van der Waals surface area contributed by atoms with E-state index in [1.54, 1.807) is 23.7 Å². The first-order valence-corrected chi connectivity index (χ1v) is 7.73. The number of carboxylic acid groups (broad SMARTS) is 1. The first-order valence-electron chi connectivity index (χ1n) is 6.58. The van der Waals surface area contributed by atoms with Crippen LogP contribution in [0.3, 0.4) is 0 Å². The number of benzene rings is 1. The van der Waals surface area contributed by atoms with Crippen molar-refractivity contribution in [3.63, 3.8) is 0 Å². The lowest BCUT2D eigenvalue weighted by atomic mass is 10.2. The van der Waals surface area contributed by atoms with Gasteiger partial charge in [-0.2, -0.15) is 0 Å². The first kappa shape index (κ1) is 16.6. The number of hydrogen-bond acceptors (Lipinski definition) is 3. The molecule has 1 rings (SSSR count). The minimum atomic E-state index is -0.820. The Morgan fingerprint density at radius 3 is 2.75 bits per heavy atom. The molecular formula is C15H21NO3S. The highest BCUT2D eigenvalue weighted by molar-refractivity contribution is 7.99. The first-order chi connectivity index (χ1) is 9.49. The summed E-state index contributed by atoms with van der Waals surface area (Å²) in [7, 11) is 1.72. The van der Waals surface area contributed by atoms with Gasteiger partial charge < -0.3 is 10.0 Å². The molecule has 0 saturated heterocycles. The summed E-state index contributed by atoms with van der Waals surface area (Å²) < 4.78 is 0. The topological polar surface area (TPSA) is 57.6 Å². The lowest BCUT2D eigenvalue weighted by molar-refractivity contribution is -0.137. The van der Waals surface area contributed by atoms with Crippen molar-refractivity contribution in [2.45, 2.75) is 25.5 Å². The molecule has 0 atom stereocenters. The predicted molar refractivity (Wildman–Crippen MR) is 81.8 cm³/mol. The third-order valence-electron chi connectivity index (χ3n) is 2.89. The molecule has 0 aromatic heterocycles. The predicted octanol–water partition coefficient (Wildman–Crippen LogP) is 2.55. The van der Waals surface area contributed by atoms with Crippen LogP contribution in [0.15, 0.2) is 24.3 Å². The Kier molecular flexibility index (Phi) is 7.15. The largest absolute Gasteiger partial charge is 0.481 e. The van der Waals surface area contributed by atoms with E-state index < -0.39 is 5.97 Å². The highest BCUT2D eigenvalue weighted by atomic mass is 32.2. The molecule has 0 fully saturated rings. The molecule has 0 aliphatic rings. The highest BCUT2D eigenvalue weighted by Gasteiger charge is 2.09. The van der Waals surface area contributed by atoms with Gasteiger partial charge in [-0.05, 0) is 18.9 Å².